The zero-order valence-electron chi connectivity index (χ0n) is 13.7. The van der Waals surface area contributed by atoms with Crippen LogP contribution >= 0.6 is 0 Å². The Kier molecular flexibility index (Phi) is 4.75. The van der Waals surface area contributed by atoms with E-state index >= 15 is 0 Å². The van der Waals surface area contributed by atoms with Crippen molar-refractivity contribution in [2.24, 2.45) is 0 Å². The summed E-state index contributed by atoms with van der Waals surface area (Å²) in [6.07, 6.45) is 3.12. The van der Waals surface area contributed by atoms with Crippen LogP contribution in [-0.2, 0) is 23.8 Å². The van der Waals surface area contributed by atoms with Crippen LogP contribution in [0.5, 0.6) is 0 Å². The summed E-state index contributed by atoms with van der Waals surface area (Å²) in [6, 6.07) is 7.15. The average Bonchev–Trinajstić information content (AvgIpc) is 3.21. The molecule has 0 saturated heterocycles. The second kappa shape index (κ2) is 7.14. The number of carbonyl (C=O) groups is 2. The Morgan fingerprint density at radius 1 is 1.08 bits per heavy atom. The monoisotopic (exact) mass is 344 g/mol. The van der Waals surface area contributed by atoms with Crippen LogP contribution < -0.4 is 4.90 Å². The first kappa shape index (κ1) is 16.7. The number of hydrogen-bond donors (Lipinski definition) is 0. The van der Waals surface area contributed by atoms with E-state index in [0.29, 0.717) is 11.4 Å². The Bertz CT molecular complexity index is 816. The van der Waals surface area contributed by atoms with Crippen LogP contribution in [0.25, 0.3) is 5.69 Å². The summed E-state index contributed by atoms with van der Waals surface area (Å²) in [4.78, 5) is 27.3. The summed E-state index contributed by atoms with van der Waals surface area (Å²) in [7, 11) is 2.50. The molecular formula is C16H16N4O5. The van der Waals surface area contributed by atoms with Crippen LogP contribution in [0.3, 0.4) is 0 Å². The van der Waals surface area contributed by atoms with Crippen molar-refractivity contribution < 1.29 is 23.8 Å². The summed E-state index contributed by atoms with van der Waals surface area (Å²) in [5, 5.41) is 8.16. The summed E-state index contributed by atoms with van der Waals surface area (Å²) < 4.78 is 15.0. The van der Waals surface area contributed by atoms with Crippen molar-refractivity contribution in [3.8, 4) is 5.69 Å². The van der Waals surface area contributed by atoms with Gasteiger partial charge in [-0.1, -0.05) is 6.07 Å². The first-order valence-corrected chi connectivity index (χ1v) is 7.37. The average molecular weight is 344 g/mol. The van der Waals surface area contributed by atoms with Gasteiger partial charge in [0.2, 0.25) is 0 Å². The van der Waals surface area contributed by atoms with Crippen molar-refractivity contribution in [1.29, 1.82) is 0 Å². The zero-order chi connectivity index (χ0) is 17.8. The van der Waals surface area contributed by atoms with Crippen molar-refractivity contribution in [3.05, 3.63) is 47.9 Å². The number of benzene rings is 1. The zero-order valence-corrected chi connectivity index (χ0v) is 13.7. The number of aromatic nitrogens is 3. The first-order valence-electron chi connectivity index (χ1n) is 7.37. The standard InChI is InChI=1S/C16H16N4O5/c1-23-15(21)13-9-25-10-19(14(13)16(22)24-2)11-4-3-5-12(8-11)20-17-6-7-18-20/h3-8H,9-10H2,1-2H3. The van der Waals surface area contributed by atoms with Gasteiger partial charge in [0.1, 0.15) is 12.4 Å². The normalized spacial score (nSPS) is 14.4. The Balaban J connectivity index is 2.07. The van der Waals surface area contributed by atoms with E-state index in [1.54, 1.807) is 35.5 Å². The Labute approximate surface area is 143 Å². The van der Waals surface area contributed by atoms with Crippen LogP contribution in [0, 0.1) is 0 Å². The van der Waals surface area contributed by atoms with Gasteiger partial charge in [-0.3, -0.25) is 0 Å². The summed E-state index contributed by atoms with van der Waals surface area (Å²) >= 11 is 0. The third-order valence-corrected chi connectivity index (χ3v) is 3.62. The van der Waals surface area contributed by atoms with Gasteiger partial charge in [0.05, 0.1) is 44.5 Å². The highest BCUT2D eigenvalue weighted by atomic mass is 16.5. The molecule has 0 saturated carbocycles. The molecule has 0 N–H and O–H groups in total. The van der Waals surface area contributed by atoms with Gasteiger partial charge in [-0.05, 0) is 18.2 Å². The number of anilines is 1. The SMILES string of the molecule is COC(=O)C1=C(C(=O)OC)N(c2cccc(-n3nccn3)c2)COC1. The van der Waals surface area contributed by atoms with Crippen LogP contribution in [0.1, 0.15) is 0 Å². The molecule has 0 aliphatic carbocycles. The highest BCUT2D eigenvalue weighted by Crippen LogP contribution is 2.27. The molecule has 9 nitrogen and oxygen atoms in total. The maximum absolute atomic E-state index is 12.3. The lowest BCUT2D eigenvalue weighted by atomic mass is 10.1. The minimum Gasteiger partial charge on any atom is -0.466 e. The molecule has 3 rings (SSSR count). The first-order chi connectivity index (χ1) is 12.2. The van der Waals surface area contributed by atoms with Gasteiger partial charge in [0.25, 0.3) is 0 Å². The topological polar surface area (TPSA) is 95.8 Å². The quantitative estimate of drug-likeness (QED) is 0.747. The molecule has 130 valence electrons. The van der Waals surface area contributed by atoms with Gasteiger partial charge in [0, 0.05) is 5.69 Å². The number of esters is 2. The van der Waals surface area contributed by atoms with E-state index in [0.717, 1.165) is 0 Å². The predicted molar refractivity (Wildman–Crippen MR) is 85.7 cm³/mol. The number of rotatable bonds is 4. The molecule has 0 amide bonds. The number of nitrogens with zero attached hydrogens (tertiary/aromatic N) is 4. The second-order valence-electron chi connectivity index (χ2n) is 5.05. The maximum atomic E-state index is 12.3. The van der Waals surface area contributed by atoms with E-state index < -0.39 is 11.9 Å². The molecule has 0 bridgehead atoms. The fraction of sp³-hybridized carbons (Fsp3) is 0.250. The molecule has 1 aromatic heterocycles. The van der Waals surface area contributed by atoms with Crippen molar-refractivity contribution in [3.63, 3.8) is 0 Å². The molecule has 1 aliphatic rings. The number of carbonyl (C=O) groups excluding carboxylic acids is 2. The number of hydrogen-bond acceptors (Lipinski definition) is 8. The number of methoxy groups -OCH3 is 2. The molecule has 2 aromatic rings. The fourth-order valence-electron chi connectivity index (χ4n) is 2.48. The van der Waals surface area contributed by atoms with Crippen LogP contribution in [0.4, 0.5) is 5.69 Å². The molecule has 0 atom stereocenters. The second-order valence-corrected chi connectivity index (χ2v) is 5.05. The Morgan fingerprint density at radius 2 is 1.76 bits per heavy atom. The Hall–Kier alpha value is -3.20. The molecule has 1 aromatic carbocycles. The lowest BCUT2D eigenvalue weighted by molar-refractivity contribution is -0.140. The summed E-state index contributed by atoms with van der Waals surface area (Å²) in [5.41, 5.74) is 1.50. The van der Waals surface area contributed by atoms with Gasteiger partial charge >= 0.3 is 11.9 Å². The third-order valence-electron chi connectivity index (χ3n) is 3.62. The van der Waals surface area contributed by atoms with E-state index in [-0.39, 0.29) is 24.6 Å². The summed E-state index contributed by atoms with van der Waals surface area (Å²) in [6.45, 7) is 0.0505. The molecule has 25 heavy (non-hydrogen) atoms. The van der Waals surface area contributed by atoms with E-state index in [1.165, 1.54) is 19.0 Å². The molecule has 1 aliphatic heterocycles. The van der Waals surface area contributed by atoms with E-state index in [4.69, 9.17) is 14.2 Å². The minimum absolute atomic E-state index is 0.0337. The largest absolute Gasteiger partial charge is 0.466 e. The van der Waals surface area contributed by atoms with Crippen molar-refractivity contribution in [2.45, 2.75) is 0 Å². The Morgan fingerprint density at radius 3 is 2.44 bits per heavy atom. The lowest BCUT2D eigenvalue weighted by Crippen LogP contribution is -2.38. The van der Waals surface area contributed by atoms with Gasteiger partial charge in [-0.2, -0.15) is 15.0 Å². The van der Waals surface area contributed by atoms with Crippen molar-refractivity contribution in [1.82, 2.24) is 15.0 Å². The fourth-order valence-corrected chi connectivity index (χ4v) is 2.48. The van der Waals surface area contributed by atoms with Crippen LogP contribution in [0.15, 0.2) is 47.9 Å². The molecule has 0 fully saturated rings. The smallest absolute Gasteiger partial charge is 0.355 e. The highest BCUT2D eigenvalue weighted by molar-refractivity contribution is 6.03. The van der Waals surface area contributed by atoms with Gasteiger partial charge < -0.3 is 19.1 Å². The molecule has 0 spiro atoms. The van der Waals surface area contributed by atoms with Crippen LogP contribution in [0.2, 0.25) is 0 Å². The van der Waals surface area contributed by atoms with Gasteiger partial charge in [-0.25, -0.2) is 9.59 Å². The predicted octanol–water partition coefficient (Wildman–Crippen LogP) is 0.661. The lowest BCUT2D eigenvalue weighted by Gasteiger charge is -2.31. The highest BCUT2D eigenvalue weighted by Gasteiger charge is 2.32. The molecular weight excluding hydrogens is 328 g/mol. The maximum Gasteiger partial charge on any atom is 0.355 e. The molecule has 0 unspecified atom stereocenters. The van der Waals surface area contributed by atoms with Crippen molar-refractivity contribution >= 4 is 17.6 Å². The van der Waals surface area contributed by atoms with E-state index in [9.17, 15) is 9.59 Å². The van der Waals surface area contributed by atoms with E-state index in [2.05, 4.69) is 10.2 Å². The van der Waals surface area contributed by atoms with Crippen molar-refractivity contribution in [2.75, 3.05) is 32.5 Å². The van der Waals surface area contributed by atoms with Gasteiger partial charge in [0.15, 0.2) is 0 Å². The van der Waals surface area contributed by atoms with E-state index in [1.807, 2.05) is 6.07 Å². The van der Waals surface area contributed by atoms with Crippen LogP contribution in [-0.4, -0.2) is 54.5 Å². The minimum atomic E-state index is -0.647. The molecule has 2 heterocycles. The van der Waals surface area contributed by atoms with Gasteiger partial charge in [-0.15, -0.1) is 0 Å². The molecule has 9 heteroatoms. The number of ether oxygens (including phenoxy) is 3. The summed E-state index contributed by atoms with van der Waals surface area (Å²) in [5.74, 6) is -1.29. The molecule has 0 radical (unpaired) electrons. The third kappa shape index (κ3) is 3.22.